The Morgan fingerprint density at radius 2 is 2.38 bits per heavy atom. The Balaban J connectivity index is 2.82. The van der Waals surface area contributed by atoms with E-state index in [1.165, 1.54) is 6.20 Å². The molecule has 0 aromatic carbocycles. The Hall–Kier alpha value is -1.11. The lowest BCUT2D eigenvalue weighted by Crippen LogP contribution is -2.14. The Morgan fingerprint density at radius 3 is 2.92 bits per heavy atom. The van der Waals surface area contributed by atoms with Gasteiger partial charge in [-0.25, -0.2) is 4.98 Å². The second kappa shape index (κ2) is 4.22. The molecule has 13 heavy (non-hydrogen) atoms. The highest BCUT2D eigenvalue weighted by molar-refractivity contribution is 5.35. The molecule has 0 radical (unpaired) electrons. The fraction of sp³-hybridized carbons (Fsp3) is 0.571. The topological polar surface area (TPSA) is 84.6 Å². The molecule has 0 saturated carbocycles. The van der Waals surface area contributed by atoms with Gasteiger partial charge in [0, 0.05) is 13.2 Å². The summed E-state index contributed by atoms with van der Waals surface area (Å²) in [5, 5.41) is 27.6. The summed E-state index contributed by atoms with van der Waals surface area (Å²) < 4.78 is 1.54. The summed E-state index contributed by atoms with van der Waals surface area (Å²) in [7, 11) is 0. The van der Waals surface area contributed by atoms with E-state index in [-0.39, 0.29) is 17.7 Å². The highest BCUT2D eigenvalue weighted by Crippen LogP contribution is 2.14. The molecule has 1 aromatic rings. The highest BCUT2D eigenvalue weighted by Gasteiger charge is 2.05. The molecule has 0 fully saturated rings. The molecule has 74 valence electrons. The minimum atomic E-state index is -0.225. The Bertz CT molecular complexity index is 272. The van der Waals surface area contributed by atoms with Crippen LogP contribution in [-0.4, -0.2) is 26.5 Å². The fourth-order valence-corrected chi connectivity index (χ4v) is 1.11. The van der Waals surface area contributed by atoms with Crippen molar-refractivity contribution in [1.82, 2.24) is 9.55 Å². The molecule has 0 aliphatic rings. The van der Waals surface area contributed by atoms with E-state index in [2.05, 4.69) is 4.98 Å². The quantitative estimate of drug-likeness (QED) is 0.659. The van der Waals surface area contributed by atoms with Crippen molar-refractivity contribution in [3.63, 3.8) is 0 Å². The number of hydrogen-bond acceptors (Lipinski definition) is 5. The molecule has 1 rings (SSSR count). The third-order valence-electron chi connectivity index (χ3n) is 1.77. The van der Waals surface area contributed by atoms with Gasteiger partial charge in [0.1, 0.15) is 11.6 Å². The van der Waals surface area contributed by atoms with Gasteiger partial charge in [-0.1, -0.05) is 0 Å². The molecule has 2 N–H and O–H groups in total. The molecule has 0 atom stereocenters. The average molecular weight is 186 g/mol. The van der Waals surface area contributed by atoms with Gasteiger partial charge in [0.2, 0.25) is 0 Å². The molecule has 6 heteroatoms. The molecule has 0 unspecified atom stereocenters. The number of nitrogens with zero attached hydrogens (tertiary/aromatic N) is 3. The molecule has 6 nitrogen and oxygen atoms in total. The molecule has 1 aromatic heterocycles. The van der Waals surface area contributed by atoms with E-state index in [0.717, 1.165) is 0 Å². The van der Waals surface area contributed by atoms with E-state index in [0.29, 0.717) is 18.8 Å². The van der Waals surface area contributed by atoms with E-state index >= 15 is 0 Å². The van der Waals surface area contributed by atoms with E-state index in [9.17, 15) is 5.21 Å². The maximum atomic E-state index is 10.6. The van der Waals surface area contributed by atoms with Crippen molar-refractivity contribution < 1.29 is 10.3 Å². The molecule has 0 amide bonds. The van der Waals surface area contributed by atoms with Gasteiger partial charge >= 0.3 is 0 Å². The minimum Gasteiger partial charge on any atom is -0.732 e. The van der Waals surface area contributed by atoms with Crippen molar-refractivity contribution in [3.05, 3.63) is 17.2 Å². The number of anilines is 1. The lowest BCUT2D eigenvalue weighted by atomic mass is 10.4. The van der Waals surface area contributed by atoms with Crippen LogP contribution in [0.25, 0.3) is 0 Å². The normalized spacial score (nSPS) is 10.5. The number of imidazole rings is 1. The van der Waals surface area contributed by atoms with Crippen molar-refractivity contribution in [1.29, 1.82) is 0 Å². The van der Waals surface area contributed by atoms with E-state index < -0.39 is 0 Å². The fourth-order valence-electron chi connectivity index (χ4n) is 1.11. The largest absolute Gasteiger partial charge is 0.732 e. The van der Waals surface area contributed by atoms with Gasteiger partial charge in [0.25, 0.3) is 0 Å². The van der Waals surface area contributed by atoms with Crippen LogP contribution in [-0.2, 0) is 6.54 Å². The van der Waals surface area contributed by atoms with Crippen LogP contribution >= 0.6 is 0 Å². The number of aliphatic hydroxyl groups is 1. The van der Waals surface area contributed by atoms with E-state index in [1.54, 1.807) is 11.5 Å². The van der Waals surface area contributed by atoms with Crippen molar-refractivity contribution in [2.45, 2.75) is 19.9 Å². The summed E-state index contributed by atoms with van der Waals surface area (Å²) in [4.78, 5) is 3.87. The Kier molecular flexibility index (Phi) is 3.24. The minimum absolute atomic E-state index is 0.0430. The van der Waals surface area contributed by atoms with Crippen LogP contribution in [0.15, 0.2) is 6.20 Å². The zero-order valence-corrected chi connectivity index (χ0v) is 7.34. The lowest BCUT2D eigenvalue weighted by Gasteiger charge is -2.22. The van der Waals surface area contributed by atoms with Crippen molar-refractivity contribution >= 4 is 5.82 Å². The smallest absolute Gasteiger partial charge is 0.142 e. The first-order valence-electron chi connectivity index (χ1n) is 3.96. The number of aryl methyl sites for hydroxylation is 1. The van der Waals surface area contributed by atoms with Gasteiger partial charge in [-0.05, 0) is 13.3 Å². The zero-order chi connectivity index (χ0) is 9.84. The summed E-state index contributed by atoms with van der Waals surface area (Å²) in [6.07, 6.45) is 1.82. The maximum absolute atomic E-state index is 10.6. The number of rotatable bonds is 4. The SMILES string of the molecule is Cc1ncc(N([O-])O)n1CCCO. The number of aromatic nitrogens is 2. The molecule has 0 saturated heterocycles. The molecule has 0 aliphatic carbocycles. The van der Waals surface area contributed by atoms with Crippen molar-refractivity contribution in [3.8, 4) is 0 Å². The van der Waals surface area contributed by atoms with Crippen molar-refractivity contribution in [2.75, 3.05) is 11.8 Å². The van der Waals surface area contributed by atoms with Crippen molar-refractivity contribution in [2.24, 2.45) is 0 Å². The molecule has 0 spiro atoms. The molecule has 1 heterocycles. The lowest BCUT2D eigenvalue weighted by molar-refractivity contribution is 0.271. The first-order chi connectivity index (χ1) is 6.16. The maximum Gasteiger partial charge on any atom is 0.142 e. The predicted molar refractivity (Wildman–Crippen MR) is 46.3 cm³/mol. The van der Waals surface area contributed by atoms with Crippen LogP contribution < -0.4 is 5.23 Å². The second-order valence-electron chi connectivity index (χ2n) is 2.67. The van der Waals surface area contributed by atoms with E-state index in [4.69, 9.17) is 10.3 Å². The van der Waals surface area contributed by atoms with Crippen LogP contribution in [0, 0.1) is 12.1 Å². The average Bonchev–Trinajstić information content (AvgIpc) is 2.43. The van der Waals surface area contributed by atoms with Crippen LogP contribution in [0.1, 0.15) is 12.2 Å². The Morgan fingerprint density at radius 1 is 1.69 bits per heavy atom. The molecular weight excluding hydrogens is 174 g/mol. The van der Waals surface area contributed by atoms with Gasteiger partial charge in [-0.15, -0.1) is 0 Å². The van der Waals surface area contributed by atoms with Gasteiger partial charge < -0.3 is 20.1 Å². The van der Waals surface area contributed by atoms with Crippen LogP contribution in [0.2, 0.25) is 0 Å². The van der Waals surface area contributed by atoms with Crippen LogP contribution in [0.3, 0.4) is 0 Å². The molecule has 0 bridgehead atoms. The molecule has 0 aliphatic heterocycles. The van der Waals surface area contributed by atoms with Gasteiger partial charge in [0.15, 0.2) is 0 Å². The third kappa shape index (κ3) is 2.18. The number of hydrogen-bond donors (Lipinski definition) is 2. The first kappa shape index (κ1) is 9.97. The summed E-state index contributed by atoms with van der Waals surface area (Å²) in [6, 6.07) is 0. The van der Waals surface area contributed by atoms with Crippen LogP contribution in [0.5, 0.6) is 0 Å². The third-order valence-corrected chi connectivity index (χ3v) is 1.77. The summed E-state index contributed by atoms with van der Waals surface area (Å²) in [5.74, 6) is 0.726. The standard InChI is InChI=1S/C7H12N3O3/c1-6-8-5-7(10(12)13)9(6)3-2-4-11/h5,11-12H,2-4H2,1H3/q-1. The Labute approximate surface area is 75.6 Å². The van der Waals surface area contributed by atoms with Crippen LogP contribution in [0.4, 0.5) is 5.82 Å². The van der Waals surface area contributed by atoms with Gasteiger partial charge in [-0.2, -0.15) is 0 Å². The molecular formula is C7H12N3O3-. The second-order valence-corrected chi connectivity index (χ2v) is 2.67. The summed E-state index contributed by atoms with van der Waals surface area (Å²) in [6.45, 7) is 2.24. The monoisotopic (exact) mass is 186 g/mol. The van der Waals surface area contributed by atoms with Gasteiger partial charge in [-0.3, -0.25) is 5.21 Å². The summed E-state index contributed by atoms with van der Waals surface area (Å²) >= 11 is 0. The summed E-state index contributed by atoms with van der Waals surface area (Å²) in [5.41, 5.74) is 0. The predicted octanol–water partition coefficient (Wildman–Crippen LogP) is 0.267. The van der Waals surface area contributed by atoms with Gasteiger partial charge in [0.05, 0.1) is 6.20 Å². The highest BCUT2D eigenvalue weighted by atomic mass is 16.8. The zero-order valence-electron chi connectivity index (χ0n) is 7.34. The first-order valence-corrected chi connectivity index (χ1v) is 3.96. The van der Waals surface area contributed by atoms with E-state index in [1.807, 2.05) is 0 Å². The number of aliphatic hydroxyl groups excluding tert-OH is 1.